The van der Waals surface area contributed by atoms with Crippen LogP contribution >= 0.6 is 0 Å². The Morgan fingerprint density at radius 3 is 1.76 bits per heavy atom. The van der Waals surface area contributed by atoms with Crippen molar-refractivity contribution in [2.75, 3.05) is 0 Å². The van der Waals surface area contributed by atoms with E-state index < -0.39 is 0 Å². The van der Waals surface area contributed by atoms with Gasteiger partial charge in [-0.15, -0.1) is 0 Å². The molecule has 0 aliphatic heterocycles. The number of benzene rings is 1. The van der Waals surface area contributed by atoms with Gasteiger partial charge >= 0.3 is 0 Å². The molecule has 0 N–H and O–H groups in total. The topological polar surface area (TPSA) is 25.9 Å². The molecule has 226 valence electrons. The molecule has 1 aromatic carbocycles. The second kappa shape index (κ2) is 20.5. The first-order valence-corrected chi connectivity index (χ1v) is 17.4. The lowest BCUT2D eigenvalue weighted by molar-refractivity contribution is -0.696. The smallest absolute Gasteiger partial charge is 0.190 e. The van der Waals surface area contributed by atoms with Crippen molar-refractivity contribution in [3.63, 3.8) is 0 Å². The Morgan fingerprint density at radius 2 is 1.15 bits per heavy atom. The van der Waals surface area contributed by atoms with Gasteiger partial charge in [-0.1, -0.05) is 135 Å². The third-order valence-electron chi connectivity index (χ3n) is 8.68. The fourth-order valence-corrected chi connectivity index (χ4v) is 6.16. The fraction of sp³-hybridized carbons (Fsp3) is 0.632. The van der Waals surface area contributed by atoms with Crippen LogP contribution < -0.4 is 10.00 Å². The minimum Gasteiger partial charge on any atom is -0.340 e. The van der Waals surface area contributed by atoms with E-state index in [1.807, 2.05) is 18.2 Å². The first-order chi connectivity index (χ1) is 20.2. The lowest BCUT2D eigenvalue weighted by Crippen LogP contribution is -2.33. The van der Waals surface area contributed by atoms with Crippen LogP contribution in [-0.2, 0) is 13.1 Å². The zero-order valence-electron chi connectivity index (χ0n) is 26.6. The van der Waals surface area contributed by atoms with Gasteiger partial charge in [0.2, 0.25) is 0 Å². The van der Waals surface area contributed by atoms with Gasteiger partial charge in [0.05, 0.1) is 16.8 Å². The maximum Gasteiger partial charge on any atom is 0.190 e. The zero-order valence-corrected chi connectivity index (χ0v) is 26.6. The van der Waals surface area contributed by atoms with Crippen molar-refractivity contribution in [2.24, 2.45) is 0 Å². The molecule has 3 nitrogen and oxygen atoms in total. The van der Waals surface area contributed by atoms with Gasteiger partial charge in [0.15, 0.2) is 17.8 Å². The van der Waals surface area contributed by atoms with Crippen molar-refractivity contribution in [3.05, 3.63) is 65.1 Å². The molecule has 2 aromatic heterocycles. The Hall–Kier alpha value is -2.42. The molecule has 0 spiro atoms. The number of aromatic nitrogens is 2. The molecule has 3 rings (SSSR count). The van der Waals surface area contributed by atoms with Crippen LogP contribution in [0.2, 0.25) is 0 Å². The summed E-state index contributed by atoms with van der Waals surface area (Å²) in [5.74, 6) is 0. The van der Waals surface area contributed by atoms with Crippen LogP contribution in [0.1, 0.15) is 142 Å². The molecule has 0 saturated carbocycles. The molecule has 41 heavy (non-hydrogen) atoms. The Morgan fingerprint density at radius 1 is 0.610 bits per heavy atom. The molecular formula is C38H59N2O+. The predicted octanol–water partition coefficient (Wildman–Crippen LogP) is 10.8. The van der Waals surface area contributed by atoms with Crippen molar-refractivity contribution in [3.8, 4) is 11.3 Å². The molecular weight excluding hydrogens is 500 g/mol. The first kappa shape index (κ1) is 33.1. The van der Waals surface area contributed by atoms with Crippen LogP contribution in [-0.4, -0.2) is 4.57 Å². The van der Waals surface area contributed by atoms with Gasteiger partial charge in [-0.2, -0.15) is 0 Å². The van der Waals surface area contributed by atoms with E-state index in [2.05, 4.69) is 59.6 Å². The highest BCUT2D eigenvalue weighted by Gasteiger charge is 2.13. The van der Waals surface area contributed by atoms with E-state index in [9.17, 15) is 4.79 Å². The number of hydrogen-bond donors (Lipinski definition) is 0. The number of fused-ring (bicyclic) bond motifs is 1. The summed E-state index contributed by atoms with van der Waals surface area (Å²) in [6.07, 6.45) is 31.4. The number of pyridine rings is 2. The molecule has 0 saturated heterocycles. The van der Waals surface area contributed by atoms with E-state index in [0.717, 1.165) is 41.7 Å². The fourth-order valence-electron chi connectivity index (χ4n) is 6.16. The van der Waals surface area contributed by atoms with E-state index in [-0.39, 0.29) is 5.43 Å². The number of rotatable bonds is 23. The summed E-state index contributed by atoms with van der Waals surface area (Å²) in [5.41, 5.74) is 3.40. The number of para-hydroxylation sites is 1. The molecule has 2 heterocycles. The highest BCUT2D eigenvalue weighted by Crippen LogP contribution is 2.23. The molecule has 3 aromatic rings. The second-order valence-electron chi connectivity index (χ2n) is 12.3. The lowest BCUT2D eigenvalue weighted by Gasteiger charge is -2.17. The van der Waals surface area contributed by atoms with Crippen LogP contribution in [0.25, 0.3) is 22.2 Å². The van der Waals surface area contributed by atoms with Crippen molar-refractivity contribution in [1.82, 2.24) is 4.57 Å². The SMILES string of the molecule is CCCCCCCCCCCCn1c(-c2ccc[n+](CCCCCCCCCCCC)c2)cc(=O)c2ccccc21. The Kier molecular flexibility index (Phi) is 16.5. The van der Waals surface area contributed by atoms with E-state index in [1.54, 1.807) is 0 Å². The average molecular weight is 560 g/mol. The van der Waals surface area contributed by atoms with Gasteiger partial charge in [-0.25, -0.2) is 4.57 Å². The van der Waals surface area contributed by atoms with E-state index >= 15 is 0 Å². The molecule has 0 amide bonds. The Balaban J connectivity index is 1.54. The van der Waals surface area contributed by atoms with Gasteiger partial charge in [0, 0.05) is 30.5 Å². The van der Waals surface area contributed by atoms with E-state index in [4.69, 9.17) is 0 Å². The maximum absolute atomic E-state index is 13.1. The molecule has 0 aliphatic rings. The average Bonchev–Trinajstić information content (AvgIpc) is 3.00. The quantitative estimate of drug-likeness (QED) is 0.0838. The van der Waals surface area contributed by atoms with E-state index in [0.29, 0.717) is 0 Å². The van der Waals surface area contributed by atoms with Gasteiger partial charge < -0.3 is 4.57 Å². The van der Waals surface area contributed by atoms with Crippen molar-refractivity contribution < 1.29 is 4.57 Å². The lowest BCUT2D eigenvalue weighted by atomic mass is 10.1. The summed E-state index contributed by atoms with van der Waals surface area (Å²) in [6, 6.07) is 14.3. The number of unbranched alkanes of at least 4 members (excludes halogenated alkanes) is 18. The zero-order chi connectivity index (χ0) is 29.0. The van der Waals surface area contributed by atoms with Gasteiger partial charge in [0.1, 0.15) is 6.54 Å². The molecule has 0 bridgehead atoms. The molecule has 0 aliphatic carbocycles. The summed E-state index contributed by atoms with van der Waals surface area (Å²) in [4.78, 5) is 13.1. The van der Waals surface area contributed by atoms with Crippen molar-refractivity contribution >= 4 is 10.9 Å². The third-order valence-corrected chi connectivity index (χ3v) is 8.68. The van der Waals surface area contributed by atoms with Crippen LogP contribution in [0.3, 0.4) is 0 Å². The summed E-state index contributed by atoms with van der Waals surface area (Å²) < 4.78 is 4.73. The predicted molar refractivity (Wildman–Crippen MR) is 178 cm³/mol. The van der Waals surface area contributed by atoms with Crippen LogP contribution in [0.5, 0.6) is 0 Å². The maximum atomic E-state index is 13.1. The normalized spacial score (nSPS) is 11.5. The number of nitrogens with zero attached hydrogens (tertiary/aromatic N) is 2. The van der Waals surface area contributed by atoms with Gasteiger partial charge in [-0.3, -0.25) is 4.79 Å². The van der Waals surface area contributed by atoms with Crippen molar-refractivity contribution in [1.29, 1.82) is 0 Å². The molecule has 0 atom stereocenters. The van der Waals surface area contributed by atoms with E-state index in [1.165, 1.54) is 122 Å². The van der Waals surface area contributed by atoms with Crippen LogP contribution in [0.15, 0.2) is 59.7 Å². The highest BCUT2D eigenvalue weighted by molar-refractivity contribution is 5.82. The molecule has 0 radical (unpaired) electrons. The largest absolute Gasteiger partial charge is 0.340 e. The van der Waals surface area contributed by atoms with Crippen LogP contribution in [0, 0.1) is 0 Å². The second-order valence-corrected chi connectivity index (χ2v) is 12.3. The molecule has 0 unspecified atom stereocenters. The van der Waals surface area contributed by atoms with Gasteiger partial charge in [0.25, 0.3) is 0 Å². The minimum atomic E-state index is 0.125. The monoisotopic (exact) mass is 559 g/mol. The summed E-state index contributed by atoms with van der Waals surface area (Å²) >= 11 is 0. The Labute approximate surface area is 251 Å². The van der Waals surface area contributed by atoms with Crippen molar-refractivity contribution in [2.45, 2.75) is 155 Å². The number of aryl methyl sites for hydroxylation is 2. The third kappa shape index (κ3) is 12.1. The summed E-state index contributed by atoms with van der Waals surface area (Å²) in [6.45, 7) is 6.57. The number of hydrogen-bond acceptors (Lipinski definition) is 1. The van der Waals surface area contributed by atoms with Crippen LogP contribution in [0.4, 0.5) is 0 Å². The summed E-state index contributed by atoms with van der Waals surface area (Å²) in [7, 11) is 0. The minimum absolute atomic E-state index is 0.125. The standard InChI is InChI=1S/C38H59N2O/c1-3-5-7-9-11-13-15-17-19-23-29-39-30-25-26-34(33-39)37-32-38(41)35-27-21-22-28-36(35)40(37)31-24-20-18-16-14-12-10-8-6-4-2/h21-22,25-28,30,32-33H,3-20,23-24,29,31H2,1-2H3/q+1. The highest BCUT2D eigenvalue weighted by atomic mass is 16.1. The molecule has 0 fully saturated rings. The van der Waals surface area contributed by atoms with Gasteiger partial charge in [-0.05, 0) is 31.0 Å². The molecule has 3 heteroatoms. The summed E-state index contributed by atoms with van der Waals surface area (Å²) in [5, 5.41) is 0.831. The Bertz CT molecular complexity index is 1160. The first-order valence-electron chi connectivity index (χ1n) is 17.4.